The number of halogens is 1. The second kappa shape index (κ2) is 8.85. The van der Waals surface area contributed by atoms with E-state index >= 15 is 0 Å². The smallest absolute Gasteiger partial charge is 0.191 e. The molecule has 2 heterocycles. The second-order valence-corrected chi connectivity index (χ2v) is 6.99. The molecule has 0 aliphatic carbocycles. The van der Waals surface area contributed by atoms with E-state index in [1.54, 1.807) is 6.20 Å². The van der Waals surface area contributed by atoms with Crippen molar-refractivity contribution in [3.8, 4) is 0 Å². The van der Waals surface area contributed by atoms with Gasteiger partial charge in [0.1, 0.15) is 0 Å². The van der Waals surface area contributed by atoms with E-state index in [-0.39, 0.29) is 0 Å². The normalized spacial score (nSPS) is 17.6. The molecular weight excluding hydrogens is 378 g/mol. The zero-order chi connectivity index (χ0) is 17.5. The Morgan fingerprint density at radius 1 is 1.32 bits per heavy atom. The van der Waals surface area contributed by atoms with Gasteiger partial charge in [0.2, 0.25) is 0 Å². The van der Waals surface area contributed by atoms with Crippen molar-refractivity contribution in [3.05, 3.63) is 58.8 Å². The first-order chi connectivity index (χ1) is 12.3. The average Bonchev–Trinajstić information content (AvgIpc) is 3.10. The number of guanidine groups is 1. The van der Waals surface area contributed by atoms with E-state index in [1.165, 1.54) is 11.3 Å². The summed E-state index contributed by atoms with van der Waals surface area (Å²) in [6.45, 7) is 2.87. The van der Waals surface area contributed by atoms with Crippen molar-refractivity contribution in [3.63, 3.8) is 0 Å². The van der Waals surface area contributed by atoms with Crippen LogP contribution >= 0.6 is 15.9 Å². The van der Waals surface area contributed by atoms with Gasteiger partial charge >= 0.3 is 0 Å². The molecule has 1 saturated heterocycles. The lowest BCUT2D eigenvalue weighted by Crippen LogP contribution is -2.45. The molecule has 5 nitrogen and oxygen atoms in total. The van der Waals surface area contributed by atoms with E-state index in [0.29, 0.717) is 6.04 Å². The van der Waals surface area contributed by atoms with Crippen LogP contribution in [-0.2, 0) is 6.42 Å². The number of nitrogens with zero attached hydrogens (tertiary/aromatic N) is 3. The lowest BCUT2D eigenvalue weighted by atomic mass is 10.2. The van der Waals surface area contributed by atoms with Crippen molar-refractivity contribution < 1.29 is 0 Å². The minimum Gasteiger partial charge on any atom is -0.368 e. The Morgan fingerprint density at radius 3 is 2.96 bits per heavy atom. The van der Waals surface area contributed by atoms with Gasteiger partial charge in [0.05, 0.1) is 5.69 Å². The van der Waals surface area contributed by atoms with Crippen molar-refractivity contribution in [2.45, 2.75) is 18.9 Å². The third-order valence-electron chi connectivity index (χ3n) is 4.37. The van der Waals surface area contributed by atoms with E-state index in [0.717, 1.165) is 42.9 Å². The lowest BCUT2D eigenvalue weighted by Gasteiger charge is -2.21. The Hall–Kier alpha value is -2.08. The van der Waals surface area contributed by atoms with E-state index in [9.17, 15) is 0 Å². The van der Waals surface area contributed by atoms with Crippen LogP contribution in [0.5, 0.6) is 0 Å². The van der Waals surface area contributed by atoms with Crippen LogP contribution in [0.15, 0.2) is 58.3 Å². The van der Waals surface area contributed by atoms with Crippen LogP contribution in [0.2, 0.25) is 0 Å². The zero-order valence-corrected chi connectivity index (χ0v) is 16.0. The molecule has 1 aromatic heterocycles. The predicted octanol–water partition coefficient (Wildman–Crippen LogP) is 2.83. The number of nitrogens with one attached hydrogen (secondary N) is 2. The highest BCUT2D eigenvalue weighted by Crippen LogP contribution is 2.28. The van der Waals surface area contributed by atoms with Crippen LogP contribution in [0.25, 0.3) is 0 Å². The number of anilines is 1. The Balaban J connectivity index is 1.47. The summed E-state index contributed by atoms with van der Waals surface area (Å²) in [6, 6.07) is 12.8. The maximum atomic E-state index is 4.35. The van der Waals surface area contributed by atoms with Crippen molar-refractivity contribution in [2.75, 3.05) is 31.6 Å². The monoisotopic (exact) mass is 401 g/mol. The summed E-state index contributed by atoms with van der Waals surface area (Å²) >= 11 is 3.64. The molecule has 1 aliphatic heterocycles. The van der Waals surface area contributed by atoms with E-state index < -0.39 is 0 Å². The number of aliphatic imine (C=N–C) groups is 1. The van der Waals surface area contributed by atoms with Crippen LogP contribution in [0, 0.1) is 0 Å². The van der Waals surface area contributed by atoms with Crippen LogP contribution in [-0.4, -0.2) is 43.7 Å². The van der Waals surface area contributed by atoms with Gasteiger partial charge in [-0.05, 0) is 52.5 Å². The highest BCUT2D eigenvalue weighted by Gasteiger charge is 2.24. The largest absolute Gasteiger partial charge is 0.368 e. The molecule has 25 heavy (non-hydrogen) atoms. The molecule has 2 aromatic rings. The van der Waals surface area contributed by atoms with Gasteiger partial charge < -0.3 is 15.5 Å². The Bertz CT molecular complexity index is 704. The molecule has 1 fully saturated rings. The molecule has 2 N–H and O–H groups in total. The minimum absolute atomic E-state index is 0.400. The van der Waals surface area contributed by atoms with Crippen molar-refractivity contribution in [1.82, 2.24) is 15.6 Å². The third-order valence-corrected chi connectivity index (χ3v) is 5.05. The zero-order valence-electron chi connectivity index (χ0n) is 14.5. The number of benzene rings is 1. The quantitative estimate of drug-likeness (QED) is 0.597. The Morgan fingerprint density at radius 2 is 2.20 bits per heavy atom. The summed E-state index contributed by atoms with van der Waals surface area (Å²) in [6.07, 6.45) is 5.74. The summed E-state index contributed by atoms with van der Waals surface area (Å²) in [5, 5.41) is 6.93. The molecule has 132 valence electrons. The lowest BCUT2D eigenvalue weighted by molar-refractivity contribution is 0.648. The van der Waals surface area contributed by atoms with Gasteiger partial charge in [-0.3, -0.25) is 9.98 Å². The summed E-state index contributed by atoms with van der Waals surface area (Å²) in [7, 11) is 1.82. The fraction of sp³-hybridized carbons (Fsp3) is 0.368. The molecule has 0 bridgehead atoms. The van der Waals surface area contributed by atoms with Crippen LogP contribution in [0.3, 0.4) is 0 Å². The molecule has 3 rings (SSSR count). The fourth-order valence-electron chi connectivity index (χ4n) is 3.06. The topological polar surface area (TPSA) is 52.6 Å². The maximum Gasteiger partial charge on any atom is 0.191 e. The Kier molecular flexibility index (Phi) is 6.28. The number of pyridine rings is 1. The molecule has 1 atom stereocenters. The summed E-state index contributed by atoms with van der Waals surface area (Å²) in [5.74, 6) is 0.864. The molecule has 0 amide bonds. The second-order valence-electron chi connectivity index (χ2n) is 6.14. The summed E-state index contributed by atoms with van der Waals surface area (Å²) in [5.41, 5.74) is 2.48. The van der Waals surface area contributed by atoms with Gasteiger partial charge in [0.25, 0.3) is 0 Å². The molecule has 0 spiro atoms. The van der Waals surface area contributed by atoms with Crippen LogP contribution in [0.4, 0.5) is 5.69 Å². The number of para-hydroxylation sites is 1. The van der Waals surface area contributed by atoms with Gasteiger partial charge in [0, 0.05) is 49.6 Å². The molecule has 0 saturated carbocycles. The van der Waals surface area contributed by atoms with Gasteiger partial charge in [-0.25, -0.2) is 0 Å². The first-order valence-electron chi connectivity index (χ1n) is 8.62. The maximum absolute atomic E-state index is 4.35. The average molecular weight is 402 g/mol. The first-order valence-corrected chi connectivity index (χ1v) is 9.41. The summed E-state index contributed by atoms with van der Waals surface area (Å²) < 4.78 is 1.15. The van der Waals surface area contributed by atoms with E-state index in [4.69, 9.17) is 0 Å². The fourth-order valence-corrected chi connectivity index (χ4v) is 3.60. The van der Waals surface area contributed by atoms with Crippen molar-refractivity contribution in [1.29, 1.82) is 0 Å². The highest BCUT2D eigenvalue weighted by molar-refractivity contribution is 9.10. The van der Waals surface area contributed by atoms with E-state index in [2.05, 4.69) is 65.7 Å². The number of aromatic nitrogens is 1. The van der Waals surface area contributed by atoms with Crippen LogP contribution in [0.1, 0.15) is 12.0 Å². The van der Waals surface area contributed by atoms with Crippen molar-refractivity contribution >= 4 is 27.6 Å². The van der Waals surface area contributed by atoms with Gasteiger partial charge in [-0.15, -0.1) is 0 Å². The highest BCUT2D eigenvalue weighted by atomic mass is 79.9. The van der Waals surface area contributed by atoms with Gasteiger partial charge in [0.15, 0.2) is 5.96 Å². The molecule has 1 aromatic carbocycles. The number of hydrogen-bond acceptors (Lipinski definition) is 3. The van der Waals surface area contributed by atoms with Gasteiger partial charge in [-0.2, -0.15) is 0 Å². The first kappa shape index (κ1) is 17.7. The molecule has 1 aliphatic rings. The summed E-state index contributed by atoms with van der Waals surface area (Å²) in [4.78, 5) is 10.9. The number of rotatable bonds is 5. The van der Waals surface area contributed by atoms with Crippen molar-refractivity contribution in [2.24, 2.45) is 4.99 Å². The molecule has 0 radical (unpaired) electrons. The molecule has 6 heteroatoms. The van der Waals surface area contributed by atoms with E-state index in [1.807, 2.05) is 25.4 Å². The van der Waals surface area contributed by atoms with Gasteiger partial charge in [-0.1, -0.05) is 18.2 Å². The Labute approximate surface area is 157 Å². The number of hydrogen-bond donors (Lipinski definition) is 2. The standard InChI is InChI=1S/C19H24BrN5/c1-21-19(23-11-8-15-5-4-10-22-13-15)24-16-9-12-25(14-16)18-7-3-2-6-17(18)20/h2-7,10,13,16H,8-9,11-12,14H2,1H3,(H2,21,23,24). The molecular formula is C19H24BrN5. The minimum atomic E-state index is 0.400. The van der Waals surface area contributed by atoms with Crippen LogP contribution < -0.4 is 15.5 Å². The third kappa shape index (κ3) is 4.95. The predicted molar refractivity (Wildman–Crippen MR) is 107 cm³/mol. The SMILES string of the molecule is CN=C(NCCc1cccnc1)NC1CCN(c2ccccc2Br)C1. The molecule has 1 unspecified atom stereocenters.